The molecule has 0 unspecified atom stereocenters. The van der Waals surface area contributed by atoms with Gasteiger partial charge in [0, 0.05) is 24.7 Å². The predicted octanol–water partition coefficient (Wildman–Crippen LogP) is 2.01. The number of nitrogens with one attached hydrogen (secondary N) is 2. The van der Waals surface area contributed by atoms with Crippen molar-refractivity contribution in [3.63, 3.8) is 0 Å². The van der Waals surface area contributed by atoms with E-state index in [1.165, 1.54) is 0 Å². The van der Waals surface area contributed by atoms with Crippen LogP contribution in [0.15, 0.2) is 30.3 Å². The Kier molecular flexibility index (Phi) is 4.68. The molecule has 1 rings (SSSR count). The highest BCUT2D eigenvalue weighted by Gasteiger charge is 2.04. The fraction of sp³-hybridized carbons (Fsp3) is 0.417. The van der Waals surface area contributed by atoms with Crippen molar-refractivity contribution in [3.05, 3.63) is 30.3 Å². The molecule has 15 heavy (non-hydrogen) atoms. The molecule has 1 atom stereocenters. The first-order valence-corrected chi connectivity index (χ1v) is 5.30. The summed E-state index contributed by atoms with van der Waals surface area (Å²) in [5.74, 6) is 0.0948. The lowest BCUT2D eigenvalue weighted by atomic mass is 10.3. The van der Waals surface area contributed by atoms with Crippen LogP contribution in [0.2, 0.25) is 0 Å². The number of anilines is 1. The molecule has 0 heterocycles. The first kappa shape index (κ1) is 11.6. The summed E-state index contributed by atoms with van der Waals surface area (Å²) >= 11 is 0. The molecule has 1 aromatic carbocycles. The van der Waals surface area contributed by atoms with Crippen molar-refractivity contribution in [2.75, 3.05) is 11.9 Å². The maximum atomic E-state index is 11.1. The minimum Gasteiger partial charge on any atom is -0.383 e. The Bertz CT molecular complexity index is 298. The summed E-state index contributed by atoms with van der Waals surface area (Å²) in [6, 6.07) is 10.1. The van der Waals surface area contributed by atoms with E-state index in [1.807, 2.05) is 44.2 Å². The first-order valence-electron chi connectivity index (χ1n) is 5.30. The molecular formula is C12H18N2O. The fourth-order valence-electron chi connectivity index (χ4n) is 1.25. The maximum Gasteiger partial charge on any atom is 0.219 e. The van der Waals surface area contributed by atoms with Crippen molar-refractivity contribution in [1.82, 2.24) is 5.32 Å². The highest BCUT2D eigenvalue weighted by atomic mass is 16.1. The molecule has 0 aliphatic rings. The highest BCUT2D eigenvalue weighted by molar-refractivity contribution is 5.75. The normalized spacial score (nSPS) is 11.9. The van der Waals surface area contributed by atoms with Crippen molar-refractivity contribution < 1.29 is 4.79 Å². The van der Waals surface area contributed by atoms with Crippen LogP contribution in [0.5, 0.6) is 0 Å². The lowest BCUT2D eigenvalue weighted by molar-refractivity contribution is -0.121. The smallest absolute Gasteiger partial charge is 0.219 e. The van der Waals surface area contributed by atoms with Gasteiger partial charge >= 0.3 is 0 Å². The van der Waals surface area contributed by atoms with Crippen LogP contribution in [-0.4, -0.2) is 18.5 Å². The van der Waals surface area contributed by atoms with Crippen LogP contribution in [0.25, 0.3) is 0 Å². The lowest BCUT2D eigenvalue weighted by Crippen LogP contribution is -2.36. The number of para-hydroxylation sites is 1. The SMILES string of the molecule is CCC(=O)N[C@@H](C)CNc1ccccc1. The summed E-state index contributed by atoms with van der Waals surface area (Å²) in [7, 11) is 0. The van der Waals surface area contributed by atoms with Gasteiger partial charge in [-0.25, -0.2) is 0 Å². The molecular weight excluding hydrogens is 188 g/mol. The number of rotatable bonds is 5. The molecule has 0 fully saturated rings. The van der Waals surface area contributed by atoms with E-state index in [-0.39, 0.29) is 11.9 Å². The summed E-state index contributed by atoms with van der Waals surface area (Å²) in [5, 5.41) is 6.16. The molecule has 1 aromatic rings. The number of hydrogen-bond donors (Lipinski definition) is 2. The Labute approximate surface area is 90.9 Å². The van der Waals surface area contributed by atoms with Crippen LogP contribution in [-0.2, 0) is 4.79 Å². The molecule has 3 heteroatoms. The number of carbonyl (C=O) groups excluding carboxylic acids is 1. The number of amides is 1. The monoisotopic (exact) mass is 206 g/mol. The molecule has 0 bridgehead atoms. The molecule has 0 radical (unpaired) electrons. The molecule has 82 valence electrons. The van der Waals surface area contributed by atoms with Crippen LogP contribution in [0.1, 0.15) is 20.3 Å². The Morgan fingerprint density at radius 1 is 1.33 bits per heavy atom. The van der Waals surface area contributed by atoms with E-state index in [0.717, 1.165) is 12.2 Å². The number of carbonyl (C=O) groups is 1. The first-order chi connectivity index (χ1) is 7.22. The zero-order chi connectivity index (χ0) is 11.1. The van der Waals surface area contributed by atoms with Crippen LogP contribution < -0.4 is 10.6 Å². The molecule has 1 amide bonds. The molecule has 0 saturated heterocycles. The van der Waals surface area contributed by atoms with Crippen molar-refractivity contribution >= 4 is 11.6 Å². The molecule has 0 aliphatic heterocycles. The molecule has 0 saturated carbocycles. The Morgan fingerprint density at radius 2 is 2.00 bits per heavy atom. The van der Waals surface area contributed by atoms with E-state index in [0.29, 0.717) is 6.42 Å². The van der Waals surface area contributed by atoms with Crippen LogP contribution in [0.3, 0.4) is 0 Å². The predicted molar refractivity (Wildman–Crippen MR) is 62.8 cm³/mol. The van der Waals surface area contributed by atoms with E-state index in [1.54, 1.807) is 0 Å². The van der Waals surface area contributed by atoms with Gasteiger partial charge in [-0.3, -0.25) is 4.79 Å². The summed E-state index contributed by atoms with van der Waals surface area (Å²) in [4.78, 5) is 11.1. The van der Waals surface area contributed by atoms with Crippen LogP contribution in [0.4, 0.5) is 5.69 Å². The van der Waals surface area contributed by atoms with Gasteiger partial charge in [0.1, 0.15) is 0 Å². The van der Waals surface area contributed by atoms with Gasteiger partial charge in [-0.15, -0.1) is 0 Å². The van der Waals surface area contributed by atoms with Gasteiger partial charge in [0.25, 0.3) is 0 Å². The molecule has 0 aromatic heterocycles. The average molecular weight is 206 g/mol. The molecule has 3 nitrogen and oxygen atoms in total. The quantitative estimate of drug-likeness (QED) is 0.773. The van der Waals surface area contributed by atoms with Gasteiger partial charge in [-0.1, -0.05) is 25.1 Å². The average Bonchev–Trinajstić information content (AvgIpc) is 2.27. The Balaban J connectivity index is 2.28. The second kappa shape index (κ2) is 6.06. The topological polar surface area (TPSA) is 41.1 Å². The minimum atomic E-state index is 0.0948. The molecule has 0 aliphatic carbocycles. The van der Waals surface area contributed by atoms with E-state index in [4.69, 9.17) is 0 Å². The lowest BCUT2D eigenvalue weighted by Gasteiger charge is -2.14. The zero-order valence-electron chi connectivity index (χ0n) is 9.29. The maximum absolute atomic E-state index is 11.1. The van der Waals surface area contributed by atoms with Gasteiger partial charge in [0.15, 0.2) is 0 Å². The Hall–Kier alpha value is -1.51. The van der Waals surface area contributed by atoms with Gasteiger partial charge in [0.2, 0.25) is 5.91 Å². The second-order valence-electron chi connectivity index (χ2n) is 3.57. The van der Waals surface area contributed by atoms with Gasteiger partial charge < -0.3 is 10.6 Å². The van der Waals surface area contributed by atoms with Crippen molar-refractivity contribution in [3.8, 4) is 0 Å². The summed E-state index contributed by atoms with van der Waals surface area (Å²) in [6.45, 7) is 4.59. The third-order valence-corrected chi connectivity index (χ3v) is 2.11. The van der Waals surface area contributed by atoms with Crippen molar-refractivity contribution in [2.24, 2.45) is 0 Å². The van der Waals surface area contributed by atoms with E-state index < -0.39 is 0 Å². The molecule has 0 spiro atoms. The van der Waals surface area contributed by atoms with Crippen molar-refractivity contribution in [1.29, 1.82) is 0 Å². The minimum absolute atomic E-state index is 0.0948. The van der Waals surface area contributed by atoms with Crippen LogP contribution >= 0.6 is 0 Å². The summed E-state index contributed by atoms with van der Waals surface area (Å²) in [6.07, 6.45) is 0.537. The number of benzene rings is 1. The van der Waals surface area contributed by atoms with E-state index in [9.17, 15) is 4.79 Å². The van der Waals surface area contributed by atoms with Crippen LogP contribution in [0, 0.1) is 0 Å². The Morgan fingerprint density at radius 3 is 2.60 bits per heavy atom. The summed E-state index contributed by atoms with van der Waals surface area (Å²) in [5.41, 5.74) is 1.08. The second-order valence-corrected chi connectivity index (χ2v) is 3.57. The van der Waals surface area contributed by atoms with Crippen molar-refractivity contribution in [2.45, 2.75) is 26.3 Å². The largest absolute Gasteiger partial charge is 0.383 e. The third kappa shape index (κ3) is 4.49. The van der Waals surface area contributed by atoms with Gasteiger partial charge in [-0.05, 0) is 19.1 Å². The summed E-state index contributed by atoms with van der Waals surface area (Å²) < 4.78 is 0. The standard InChI is InChI=1S/C12H18N2O/c1-3-12(15)14-10(2)9-13-11-7-5-4-6-8-11/h4-8,10,13H,3,9H2,1-2H3,(H,14,15)/t10-/m0/s1. The van der Waals surface area contributed by atoms with E-state index in [2.05, 4.69) is 10.6 Å². The third-order valence-electron chi connectivity index (χ3n) is 2.11. The fourth-order valence-corrected chi connectivity index (χ4v) is 1.25. The van der Waals surface area contributed by atoms with Gasteiger partial charge in [-0.2, -0.15) is 0 Å². The molecule has 2 N–H and O–H groups in total. The van der Waals surface area contributed by atoms with Gasteiger partial charge in [0.05, 0.1) is 0 Å². The van der Waals surface area contributed by atoms with E-state index >= 15 is 0 Å². The number of hydrogen-bond acceptors (Lipinski definition) is 2. The zero-order valence-corrected chi connectivity index (χ0v) is 9.29. The highest BCUT2D eigenvalue weighted by Crippen LogP contribution is 2.04.